The monoisotopic (exact) mass is 246 g/mol. The molecule has 0 radical (unpaired) electrons. The van der Waals surface area contributed by atoms with Crippen molar-refractivity contribution in [1.82, 2.24) is 10.2 Å². The topological polar surface area (TPSA) is 49.4 Å². The Morgan fingerprint density at radius 3 is 2.56 bits per heavy atom. The van der Waals surface area contributed by atoms with E-state index in [9.17, 15) is 9.59 Å². The van der Waals surface area contributed by atoms with Crippen LogP contribution in [-0.4, -0.2) is 29.8 Å². The van der Waals surface area contributed by atoms with Crippen LogP contribution in [0.3, 0.4) is 0 Å². The van der Waals surface area contributed by atoms with Gasteiger partial charge in [-0.05, 0) is 5.56 Å². The summed E-state index contributed by atoms with van der Waals surface area (Å²) in [6, 6.07) is 9.59. The third kappa shape index (κ3) is 4.82. The quantitative estimate of drug-likeness (QED) is 0.770. The Labute approximate surface area is 107 Å². The zero-order chi connectivity index (χ0) is 13.4. The Morgan fingerprint density at radius 2 is 2.00 bits per heavy atom. The summed E-state index contributed by atoms with van der Waals surface area (Å²) < 4.78 is 0. The third-order valence-corrected chi connectivity index (χ3v) is 2.44. The van der Waals surface area contributed by atoms with E-state index in [2.05, 4.69) is 11.9 Å². The Bertz CT molecular complexity index is 415. The summed E-state index contributed by atoms with van der Waals surface area (Å²) in [4.78, 5) is 24.5. The van der Waals surface area contributed by atoms with Gasteiger partial charge in [0.15, 0.2) is 0 Å². The SMILES string of the molecule is C=CCNC(=O)CN(Cc1ccccc1)C(C)=O. The molecule has 1 aromatic rings. The van der Waals surface area contributed by atoms with Crippen LogP contribution in [0.4, 0.5) is 0 Å². The maximum atomic E-state index is 11.6. The molecule has 0 aliphatic rings. The number of benzene rings is 1. The molecule has 0 aliphatic heterocycles. The van der Waals surface area contributed by atoms with Crippen LogP contribution in [0.2, 0.25) is 0 Å². The first-order chi connectivity index (χ1) is 8.63. The van der Waals surface area contributed by atoms with Gasteiger partial charge >= 0.3 is 0 Å². The molecule has 1 aromatic carbocycles. The van der Waals surface area contributed by atoms with Crippen molar-refractivity contribution < 1.29 is 9.59 Å². The minimum Gasteiger partial charge on any atom is -0.351 e. The van der Waals surface area contributed by atoms with Crippen LogP contribution in [0.25, 0.3) is 0 Å². The van der Waals surface area contributed by atoms with Crippen molar-refractivity contribution in [3.05, 3.63) is 48.6 Å². The highest BCUT2D eigenvalue weighted by Crippen LogP contribution is 2.04. The first-order valence-corrected chi connectivity index (χ1v) is 5.80. The molecule has 0 bridgehead atoms. The second-order valence-corrected chi connectivity index (χ2v) is 3.95. The lowest BCUT2D eigenvalue weighted by molar-refractivity contribution is -0.134. The van der Waals surface area contributed by atoms with E-state index >= 15 is 0 Å². The van der Waals surface area contributed by atoms with E-state index < -0.39 is 0 Å². The summed E-state index contributed by atoms with van der Waals surface area (Å²) in [7, 11) is 0. The highest BCUT2D eigenvalue weighted by Gasteiger charge is 2.13. The zero-order valence-electron chi connectivity index (χ0n) is 10.6. The van der Waals surface area contributed by atoms with Crippen LogP contribution >= 0.6 is 0 Å². The second-order valence-electron chi connectivity index (χ2n) is 3.95. The summed E-state index contributed by atoms with van der Waals surface area (Å²) in [6.45, 7) is 5.90. The molecule has 18 heavy (non-hydrogen) atoms. The van der Waals surface area contributed by atoms with Crippen LogP contribution in [0.15, 0.2) is 43.0 Å². The normalized spacial score (nSPS) is 9.61. The molecule has 0 saturated heterocycles. The van der Waals surface area contributed by atoms with Crippen LogP contribution in [0.1, 0.15) is 12.5 Å². The molecule has 0 atom stereocenters. The molecule has 0 fully saturated rings. The number of carbonyl (C=O) groups excluding carboxylic acids is 2. The third-order valence-electron chi connectivity index (χ3n) is 2.44. The van der Waals surface area contributed by atoms with Crippen LogP contribution < -0.4 is 5.32 Å². The van der Waals surface area contributed by atoms with E-state index in [1.54, 1.807) is 6.08 Å². The first kappa shape index (κ1) is 14.0. The molecular formula is C14H18N2O2. The van der Waals surface area contributed by atoms with Gasteiger partial charge in [-0.2, -0.15) is 0 Å². The molecule has 0 unspecified atom stereocenters. The predicted octanol–water partition coefficient (Wildman–Crippen LogP) is 1.34. The summed E-state index contributed by atoms with van der Waals surface area (Å²) in [5.74, 6) is -0.298. The Balaban J connectivity index is 2.58. The average molecular weight is 246 g/mol. The van der Waals surface area contributed by atoms with Gasteiger partial charge in [0.05, 0.1) is 6.54 Å². The van der Waals surface area contributed by atoms with Crippen LogP contribution in [0, 0.1) is 0 Å². The minimum atomic E-state index is -0.180. The molecular weight excluding hydrogens is 228 g/mol. The lowest BCUT2D eigenvalue weighted by atomic mass is 10.2. The van der Waals surface area contributed by atoms with E-state index in [0.29, 0.717) is 13.1 Å². The molecule has 96 valence electrons. The van der Waals surface area contributed by atoms with Crippen molar-refractivity contribution in [2.24, 2.45) is 0 Å². The fourth-order valence-electron chi connectivity index (χ4n) is 1.50. The van der Waals surface area contributed by atoms with Gasteiger partial charge in [-0.15, -0.1) is 6.58 Å². The van der Waals surface area contributed by atoms with Crippen molar-refractivity contribution in [2.75, 3.05) is 13.1 Å². The van der Waals surface area contributed by atoms with Crippen molar-refractivity contribution in [3.8, 4) is 0 Å². The molecule has 1 rings (SSSR count). The van der Waals surface area contributed by atoms with Crippen molar-refractivity contribution >= 4 is 11.8 Å². The molecule has 4 heteroatoms. The largest absolute Gasteiger partial charge is 0.351 e. The highest BCUT2D eigenvalue weighted by molar-refractivity contribution is 5.83. The van der Waals surface area contributed by atoms with E-state index in [4.69, 9.17) is 0 Å². The van der Waals surface area contributed by atoms with Gasteiger partial charge in [-0.25, -0.2) is 0 Å². The first-order valence-electron chi connectivity index (χ1n) is 5.80. The van der Waals surface area contributed by atoms with Gasteiger partial charge in [0, 0.05) is 20.0 Å². The maximum absolute atomic E-state index is 11.6. The number of amides is 2. The van der Waals surface area contributed by atoms with E-state index in [0.717, 1.165) is 5.56 Å². The second kappa shape index (κ2) is 7.27. The number of hydrogen-bond acceptors (Lipinski definition) is 2. The van der Waals surface area contributed by atoms with Crippen molar-refractivity contribution in [1.29, 1.82) is 0 Å². The van der Waals surface area contributed by atoms with Crippen molar-refractivity contribution in [2.45, 2.75) is 13.5 Å². The number of carbonyl (C=O) groups is 2. The lowest BCUT2D eigenvalue weighted by Gasteiger charge is -2.20. The van der Waals surface area contributed by atoms with E-state index in [1.807, 2.05) is 30.3 Å². The van der Waals surface area contributed by atoms with Gasteiger partial charge in [0.25, 0.3) is 0 Å². The Morgan fingerprint density at radius 1 is 1.33 bits per heavy atom. The number of nitrogens with zero attached hydrogens (tertiary/aromatic N) is 1. The van der Waals surface area contributed by atoms with Gasteiger partial charge in [0.2, 0.25) is 11.8 Å². The molecule has 0 spiro atoms. The molecule has 2 amide bonds. The summed E-state index contributed by atoms with van der Waals surface area (Å²) in [6.07, 6.45) is 1.60. The van der Waals surface area contributed by atoms with Gasteiger partial charge in [-0.1, -0.05) is 36.4 Å². The molecule has 0 aromatic heterocycles. The predicted molar refractivity (Wildman–Crippen MR) is 70.7 cm³/mol. The Kier molecular flexibility index (Phi) is 5.64. The van der Waals surface area contributed by atoms with Gasteiger partial charge < -0.3 is 10.2 Å². The molecule has 1 N–H and O–H groups in total. The molecule has 4 nitrogen and oxygen atoms in total. The fourth-order valence-corrected chi connectivity index (χ4v) is 1.50. The van der Waals surface area contributed by atoms with Crippen LogP contribution in [-0.2, 0) is 16.1 Å². The van der Waals surface area contributed by atoms with Crippen LogP contribution in [0.5, 0.6) is 0 Å². The summed E-state index contributed by atoms with van der Waals surface area (Å²) in [5.41, 5.74) is 1.00. The summed E-state index contributed by atoms with van der Waals surface area (Å²) in [5, 5.41) is 2.65. The smallest absolute Gasteiger partial charge is 0.239 e. The lowest BCUT2D eigenvalue weighted by Crippen LogP contribution is -2.39. The molecule has 0 heterocycles. The van der Waals surface area contributed by atoms with Crippen molar-refractivity contribution in [3.63, 3.8) is 0 Å². The standard InChI is InChI=1S/C14H18N2O2/c1-3-9-15-14(18)11-16(12(2)17)10-13-7-5-4-6-8-13/h3-8H,1,9-11H2,2H3,(H,15,18). The Hall–Kier alpha value is -2.10. The number of hydrogen-bond donors (Lipinski definition) is 1. The minimum absolute atomic E-state index is 0.0675. The zero-order valence-corrected chi connectivity index (χ0v) is 10.6. The average Bonchev–Trinajstić information content (AvgIpc) is 2.36. The highest BCUT2D eigenvalue weighted by atomic mass is 16.2. The maximum Gasteiger partial charge on any atom is 0.239 e. The molecule has 0 aliphatic carbocycles. The van der Waals surface area contributed by atoms with Gasteiger partial charge in [-0.3, -0.25) is 9.59 Å². The van der Waals surface area contributed by atoms with E-state index in [-0.39, 0.29) is 18.4 Å². The number of rotatable bonds is 6. The summed E-state index contributed by atoms with van der Waals surface area (Å²) >= 11 is 0. The number of nitrogens with one attached hydrogen (secondary N) is 1. The molecule has 0 saturated carbocycles. The van der Waals surface area contributed by atoms with E-state index in [1.165, 1.54) is 11.8 Å². The fraction of sp³-hybridized carbons (Fsp3) is 0.286. The van der Waals surface area contributed by atoms with Gasteiger partial charge in [0.1, 0.15) is 0 Å².